The highest BCUT2D eigenvalue weighted by Gasteiger charge is 2.39. The van der Waals surface area contributed by atoms with E-state index in [1.807, 2.05) is 13.1 Å². The summed E-state index contributed by atoms with van der Waals surface area (Å²) in [6.45, 7) is 2.07. The Hall–Kier alpha value is -3.84. The summed E-state index contributed by atoms with van der Waals surface area (Å²) in [5.74, 6) is -2.03. The first-order valence-corrected chi connectivity index (χ1v) is 15.6. The molecular formula is C31H32F5N7O2S. The number of fused-ring (bicyclic) bond motifs is 2. The Bertz CT molecular complexity index is 1840. The van der Waals surface area contributed by atoms with Crippen LogP contribution in [0, 0.1) is 23.0 Å². The lowest BCUT2D eigenvalue weighted by atomic mass is 9.92. The lowest BCUT2D eigenvalue weighted by Crippen LogP contribution is -2.44. The first kappa shape index (κ1) is 32.1. The van der Waals surface area contributed by atoms with Crippen LogP contribution in [0.15, 0.2) is 18.2 Å². The number of nitriles is 1. The summed E-state index contributed by atoms with van der Waals surface area (Å²) in [5.41, 5.74) is 2.80. The smallest absolute Gasteiger partial charge is 0.417 e. The average Bonchev–Trinajstić information content (AvgIpc) is 3.74. The fraction of sp³-hybridized carbons (Fsp3) is 0.452. The second kappa shape index (κ2) is 12.4. The van der Waals surface area contributed by atoms with Crippen LogP contribution in [0.2, 0.25) is 0 Å². The summed E-state index contributed by atoms with van der Waals surface area (Å²) in [6, 6.07) is 4.11. The topological polar surface area (TPSA) is 113 Å². The number of nitrogens with two attached hydrogens (primary N) is 1. The molecule has 2 unspecified atom stereocenters. The third kappa shape index (κ3) is 5.57. The first-order chi connectivity index (χ1) is 21.9. The minimum atomic E-state index is -5.05. The van der Waals surface area contributed by atoms with Crippen LogP contribution < -0.4 is 20.7 Å². The third-order valence-electron chi connectivity index (χ3n) is 8.96. The number of likely N-dealkylation sites (N-methyl/N-ethyl adjacent to an activating group) is 2. The van der Waals surface area contributed by atoms with E-state index in [1.54, 1.807) is 19.1 Å². The lowest BCUT2D eigenvalue weighted by Gasteiger charge is -2.31. The Balaban J connectivity index is 1.61. The molecule has 9 nitrogen and oxygen atoms in total. The van der Waals surface area contributed by atoms with Gasteiger partial charge in [0.1, 0.15) is 34.8 Å². The minimum Gasteiger partial charge on any atom is -0.462 e. The van der Waals surface area contributed by atoms with Crippen molar-refractivity contribution in [1.82, 2.24) is 20.2 Å². The number of nitrogens with zero attached hydrogens (tertiary/aromatic N) is 5. The SMILES string of the molecule is COCC1NCCC1N(C)c1nc(OC[C@@H]2CCCN2C)nc2c(F)c(-c3ccc(F)c4sc(N)c(C#N)c34)c(C(F)(F)F)cc12. The summed E-state index contributed by atoms with van der Waals surface area (Å²) >= 11 is 0.712. The lowest BCUT2D eigenvalue weighted by molar-refractivity contribution is -0.137. The number of nitrogen functional groups attached to an aromatic ring is 1. The maximum absolute atomic E-state index is 16.9. The Morgan fingerprint density at radius 3 is 2.67 bits per heavy atom. The molecule has 4 aromatic rings. The van der Waals surface area contributed by atoms with Gasteiger partial charge in [-0.3, -0.25) is 0 Å². The van der Waals surface area contributed by atoms with E-state index < -0.39 is 34.5 Å². The molecule has 3 atom stereocenters. The summed E-state index contributed by atoms with van der Waals surface area (Å²) in [7, 11) is 5.21. The molecular weight excluding hydrogens is 629 g/mol. The molecule has 4 heterocycles. The van der Waals surface area contributed by atoms with Crippen LogP contribution in [0.4, 0.5) is 32.8 Å². The number of anilines is 2. The molecule has 0 bridgehead atoms. The molecule has 2 aliphatic heterocycles. The number of aromatic nitrogens is 2. The van der Waals surface area contributed by atoms with Crippen molar-refractivity contribution in [3.05, 3.63) is 41.0 Å². The zero-order valence-electron chi connectivity index (χ0n) is 25.3. The summed E-state index contributed by atoms with van der Waals surface area (Å²) in [5, 5.41) is 12.7. The molecule has 0 spiro atoms. The van der Waals surface area contributed by atoms with E-state index in [0.717, 1.165) is 37.6 Å². The molecule has 2 aliphatic rings. The van der Waals surface area contributed by atoms with Gasteiger partial charge in [0, 0.05) is 42.6 Å². The second-order valence-corrected chi connectivity index (χ2v) is 12.7. The largest absolute Gasteiger partial charge is 0.462 e. The number of nitrogens with one attached hydrogen (secondary N) is 1. The summed E-state index contributed by atoms with van der Waals surface area (Å²) in [6.07, 6.45) is -2.56. The quantitative estimate of drug-likeness (QED) is 0.235. The van der Waals surface area contributed by atoms with Crippen LogP contribution in [-0.2, 0) is 10.9 Å². The van der Waals surface area contributed by atoms with Crippen molar-refractivity contribution >= 4 is 43.1 Å². The van der Waals surface area contributed by atoms with E-state index in [2.05, 4.69) is 20.2 Å². The van der Waals surface area contributed by atoms with E-state index in [0.29, 0.717) is 30.9 Å². The molecule has 3 N–H and O–H groups in total. The van der Waals surface area contributed by atoms with Crippen LogP contribution in [0.1, 0.15) is 30.4 Å². The highest BCUT2D eigenvalue weighted by Crippen LogP contribution is 2.48. The number of ether oxygens (including phenoxy) is 2. The molecule has 15 heteroatoms. The molecule has 2 aromatic carbocycles. The zero-order chi connectivity index (χ0) is 32.9. The number of alkyl halides is 3. The third-order valence-corrected chi connectivity index (χ3v) is 9.99. The van der Waals surface area contributed by atoms with Crippen LogP contribution in [0.25, 0.3) is 32.1 Å². The fourth-order valence-electron chi connectivity index (χ4n) is 6.60. The molecule has 0 saturated carbocycles. The molecule has 0 amide bonds. The molecule has 0 aliphatic carbocycles. The number of halogens is 5. The minimum absolute atomic E-state index is 0.0623. The van der Waals surface area contributed by atoms with E-state index in [9.17, 15) is 22.8 Å². The Kier molecular flexibility index (Phi) is 8.66. The molecule has 6 rings (SSSR count). The van der Waals surface area contributed by atoms with E-state index >= 15 is 4.39 Å². The van der Waals surface area contributed by atoms with E-state index in [-0.39, 0.29) is 68.2 Å². The summed E-state index contributed by atoms with van der Waals surface area (Å²) in [4.78, 5) is 12.7. The number of rotatable bonds is 8. The van der Waals surface area contributed by atoms with Gasteiger partial charge >= 0.3 is 12.2 Å². The predicted molar refractivity (Wildman–Crippen MR) is 166 cm³/mol. The van der Waals surface area contributed by atoms with Crippen molar-refractivity contribution < 1.29 is 31.4 Å². The molecule has 244 valence electrons. The van der Waals surface area contributed by atoms with Gasteiger partial charge in [0.05, 0.1) is 28.5 Å². The zero-order valence-corrected chi connectivity index (χ0v) is 26.2. The van der Waals surface area contributed by atoms with Crippen LogP contribution in [0.5, 0.6) is 6.01 Å². The van der Waals surface area contributed by atoms with Crippen LogP contribution in [-0.4, -0.2) is 80.5 Å². The second-order valence-electron chi connectivity index (χ2n) is 11.7. The molecule has 46 heavy (non-hydrogen) atoms. The van der Waals surface area contributed by atoms with Crippen LogP contribution >= 0.6 is 11.3 Å². The number of thiophene rings is 1. The average molecular weight is 662 g/mol. The highest BCUT2D eigenvalue weighted by molar-refractivity contribution is 7.23. The van der Waals surface area contributed by atoms with Crippen molar-refractivity contribution in [2.45, 2.75) is 43.6 Å². The standard InChI is InChI=1S/C31H32F5N7O2S/c1-42-10-4-5-15(42)13-45-30-40-26-17(29(41-30)43(2)22-8-9-39-21(22)14-44-3)11-19(31(34,35)36)24(25(26)33)16-6-7-20(32)27-23(16)18(12-37)28(38)46-27/h6-7,11,15,21-22,39H,4-5,8-10,13-14,38H2,1-3H3/t15-,21?,22?/m0/s1. The van der Waals surface area contributed by atoms with Gasteiger partial charge in [0.15, 0.2) is 5.82 Å². The van der Waals surface area contributed by atoms with Crippen LogP contribution in [0.3, 0.4) is 0 Å². The van der Waals surface area contributed by atoms with Gasteiger partial charge in [-0.1, -0.05) is 6.07 Å². The Morgan fingerprint density at radius 1 is 1.22 bits per heavy atom. The van der Waals surface area contributed by atoms with Crippen molar-refractivity contribution in [2.75, 3.05) is 58.1 Å². The van der Waals surface area contributed by atoms with Crippen molar-refractivity contribution in [2.24, 2.45) is 0 Å². The summed E-state index contributed by atoms with van der Waals surface area (Å²) < 4.78 is 87.6. The Morgan fingerprint density at radius 2 is 2.00 bits per heavy atom. The van der Waals surface area contributed by atoms with E-state index in [1.165, 1.54) is 0 Å². The fourth-order valence-corrected chi connectivity index (χ4v) is 7.55. The number of benzene rings is 2. The van der Waals surface area contributed by atoms with Crippen molar-refractivity contribution in [3.8, 4) is 23.2 Å². The number of hydrogen-bond acceptors (Lipinski definition) is 10. The molecule has 2 saturated heterocycles. The highest BCUT2D eigenvalue weighted by atomic mass is 32.1. The maximum Gasteiger partial charge on any atom is 0.417 e. The monoisotopic (exact) mass is 661 g/mol. The van der Waals surface area contributed by atoms with Crippen molar-refractivity contribution in [3.63, 3.8) is 0 Å². The normalized spacial score (nSPS) is 20.5. The van der Waals surface area contributed by atoms with Gasteiger partial charge in [-0.05, 0) is 57.1 Å². The molecule has 2 fully saturated rings. The van der Waals surface area contributed by atoms with Gasteiger partial charge in [-0.15, -0.1) is 11.3 Å². The van der Waals surface area contributed by atoms with Gasteiger partial charge in [-0.2, -0.15) is 28.4 Å². The number of likely N-dealkylation sites (tertiary alicyclic amines) is 1. The molecule has 0 radical (unpaired) electrons. The van der Waals surface area contributed by atoms with Gasteiger partial charge in [0.25, 0.3) is 0 Å². The van der Waals surface area contributed by atoms with E-state index in [4.69, 9.17) is 15.2 Å². The number of methoxy groups -OCH3 is 1. The van der Waals surface area contributed by atoms with Gasteiger partial charge in [0.2, 0.25) is 0 Å². The molecule has 2 aromatic heterocycles. The Labute approximate surface area is 265 Å². The number of hydrogen-bond donors (Lipinski definition) is 2. The predicted octanol–water partition coefficient (Wildman–Crippen LogP) is 5.55. The maximum atomic E-state index is 16.9. The van der Waals surface area contributed by atoms with Gasteiger partial charge < -0.3 is 30.3 Å². The van der Waals surface area contributed by atoms with Gasteiger partial charge in [-0.25, -0.2) is 8.78 Å². The van der Waals surface area contributed by atoms with Crippen molar-refractivity contribution in [1.29, 1.82) is 5.26 Å². The first-order valence-electron chi connectivity index (χ1n) is 14.7.